The van der Waals surface area contributed by atoms with Gasteiger partial charge in [-0.25, -0.2) is 0 Å². The molecule has 0 saturated carbocycles. The summed E-state index contributed by atoms with van der Waals surface area (Å²) in [5.74, 6) is 1.07. The lowest BCUT2D eigenvalue weighted by atomic mass is 9.99. The van der Waals surface area contributed by atoms with Crippen molar-refractivity contribution in [2.75, 3.05) is 5.73 Å². The van der Waals surface area contributed by atoms with Crippen LogP contribution in [0.3, 0.4) is 0 Å². The second-order valence-electron chi connectivity index (χ2n) is 5.65. The summed E-state index contributed by atoms with van der Waals surface area (Å²) in [4.78, 5) is 0. The number of fused-ring (bicyclic) bond motifs is 1. The quantitative estimate of drug-likeness (QED) is 0.555. The summed E-state index contributed by atoms with van der Waals surface area (Å²) >= 11 is 0. The Morgan fingerprint density at radius 3 is 2.67 bits per heavy atom. The predicted molar refractivity (Wildman–Crippen MR) is 95.8 cm³/mol. The van der Waals surface area contributed by atoms with Crippen molar-refractivity contribution in [1.29, 1.82) is 0 Å². The van der Waals surface area contributed by atoms with Gasteiger partial charge in [0.05, 0.1) is 6.26 Å². The first-order valence-corrected chi connectivity index (χ1v) is 7.67. The van der Waals surface area contributed by atoms with Crippen molar-refractivity contribution in [3.63, 3.8) is 0 Å². The van der Waals surface area contributed by atoms with Crippen molar-refractivity contribution in [3.8, 4) is 16.9 Å². The summed E-state index contributed by atoms with van der Waals surface area (Å²) in [5, 5.41) is 18.8. The summed E-state index contributed by atoms with van der Waals surface area (Å²) in [6, 6.07) is 13.7. The van der Waals surface area contributed by atoms with Crippen LogP contribution < -0.4 is 10.5 Å². The zero-order valence-electron chi connectivity index (χ0n) is 13.2. The van der Waals surface area contributed by atoms with E-state index in [-0.39, 0.29) is 5.76 Å². The first kappa shape index (κ1) is 15.7. The van der Waals surface area contributed by atoms with E-state index in [1.165, 1.54) is 6.08 Å². The molecule has 3 rings (SSSR count). The van der Waals surface area contributed by atoms with E-state index in [1.54, 1.807) is 0 Å². The average molecular weight is 321 g/mol. The molecular weight excluding hydrogens is 302 g/mol. The Morgan fingerprint density at radius 1 is 1.12 bits per heavy atom. The normalized spacial score (nSPS) is 16.4. The smallest absolute Gasteiger partial charge is 0.131 e. The number of hydrogen-bond acceptors (Lipinski definition) is 4. The summed E-state index contributed by atoms with van der Waals surface area (Å²) in [6.07, 6.45) is 3.31. The lowest BCUT2D eigenvalue weighted by Gasteiger charge is -2.11. The second kappa shape index (κ2) is 6.54. The van der Waals surface area contributed by atoms with Gasteiger partial charge in [-0.05, 0) is 47.7 Å². The molecule has 1 aliphatic rings. The van der Waals surface area contributed by atoms with Gasteiger partial charge in [-0.15, -0.1) is 0 Å². The lowest BCUT2D eigenvalue weighted by molar-refractivity contribution is 0.395. The molecule has 1 heterocycles. The number of hydrogen-bond donors (Lipinski definition) is 3. The minimum atomic E-state index is -0.0358. The molecule has 4 heteroatoms. The SMILES string of the molecule is C=C1Oc2cc(-c3cccc(N)c3)ccc2CC/C1=C(O)/C=C/O. The van der Waals surface area contributed by atoms with Gasteiger partial charge in [0.2, 0.25) is 0 Å². The van der Waals surface area contributed by atoms with Gasteiger partial charge in [0.15, 0.2) is 0 Å². The molecule has 122 valence electrons. The largest absolute Gasteiger partial charge is 0.515 e. The highest BCUT2D eigenvalue weighted by Gasteiger charge is 2.19. The van der Waals surface area contributed by atoms with Crippen molar-refractivity contribution in [2.24, 2.45) is 0 Å². The molecular formula is C20H19NO3. The molecule has 0 amide bonds. The standard InChI is InChI=1S/C20H19NO3/c1-13-18(19(23)9-10-22)8-7-14-5-6-16(12-20(14)24-13)15-3-2-4-17(21)11-15/h2-6,9-12,22-23H,1,7-8,21H2/b10-9+,19-18+. The number of ether oxygens (including phenoxy) is 1. The minimum Gasteiger partial charge on any atom is -0.515 e. The van der Waals surface area contributed by atoms with Gasteiger partial charge < -0.3 is 20.7 Å². The van der Waals surface area contributed by atoms with Gasteiger partial charge in [0.1, 0.15) is 17.3 Å². The van der Waals surface area contributed by atoms with E-state index in [4.69, 9.17) is 15.6 Å². The molecule has 0 unspecified atom stereocenters. The molecule has 0 aliphatic carbocycles. The molecule has 0 radical (unpaired) electrons. The average Bonchev–Trinajstić information content (AvgIpc) is 2.72. The Hall–Kier alpha value is -3.14. The second-order valence-corrected chi connectivity index (χ2v) is 5.65. The van der Waals surface area contributed by atoms with Gasteiger partial charge in [-0.2, -0.15) is 0 Å². The van der Waals surface area contributed by atoms with Gasteiger partial charge in [0, 0.05) is 17.3 Å². The third-order valence-electron chi connectivity index (χ3n) is 4.04. The molecule has 0 bridgehead atoms. The third kappa shape index (κ3) is 3.13. The molecule has 1 aliphatic heterocycles. The molecule has 0 atom stereocenters. The van der Waals surface area contributed by atoms with Gasteiger partial charge in [0.25, 0.3) is 0 Å². The highest BCUT2D eigenvalue weighted by Crippen LogP contribution is 2.35. The van der Waals surface area contributed by atoms with Gasteiger partial charge >= 0.3 is 0 Å². The number of aliphatic hydroxyl groups excluding tert-OH is 2. The van der Waals surface area contributed by atoms with Crippen LogP contribution in [0.2, 0.25) is 0 Å². The highest BCUT2D eigenvalue weighted by atomic mass is 16.5. The first-order chi connectivity index (χ1) is 11.6. The first-order valence-electron chi connectivity index (χ1n) is 7.67. The molecule has 0 saturated heterocycles. The molecule has 4 N–H and O–H groups in total. The summed E-state index contributed by atoms with van der Waals surface area (Å²) in [7, 11) is 0. The van der Waals surface area contributed by atoms with E-state index in [9.17, 15) is 5.11 Å². The van der Waals surface area contributed by atoms with Crippen molar-refractivity contribution in [2.45, 2.75) is 12.8 Å². The van der Waals surface area contributed by atoms with Crippen LogP contribution in [-0.2, 0) is 6.42 Å². The number of allylic oxidation sites excluding steroid dienone is 2. The molecule has 4 nitrogen and oxygen atoms in total. The van der Waals surface area contributed by atoms with E-state index in [0.29, 0.717) is 29.9 Å². The Morgan fingerprint density at radius 2 is 1.92 bits per heavy atom. The highest BCUT2D eigenvalue weighted by molar-refractivity contribution is 5.69. The molecule has 0 spiro atoms. The van der Waals surface area contributed by atoms with E-state index in [0.717, 1.165) is 28.7 Å². The summed E-state index contributed by atoms with van der Waals surface area (Å²) in [6.45, 7) is 3.90. The Bertz CT molecular complexity index is 850. The van der Waals surface area contributed by atoms with E-state index in [1.807, 2.05) is 42.5 Å². The van der Waals surface area contributed by atoms with Crippen LogP contribution in [0, 0.1) is 0 Å². The van der Waals surface area contributed by atoms with Crippen LogP contribution in [0.4, 0.5) is 5.69 Å². The summed E-state index contributed by atoms with van der Waals surface area (Å²) in [5.41, 5.74) is 10.2. The molecule has 2 aromatic rings. The maximum atomic E-state index is 9.99. The van der Waals surface area contributed by atoms with Gasteiger partial charge in [-0.3, -0.25) is 0 Å². The fraction of sp³-hybridized carbons (Fsp3) is 0.100. The fourth-order valence-corrected chi connectivity index (χ4v) is 2.79. The lowest BCUT2D eigenvalue weighted by Crippen LogP contribution is -1.98. The predicted octanol–water partition coefficient (Wildman–Crippen LogP) is 4.66. The van der Waals surface area contributed by atoms with Crippen molar-refractivity contribution < 1.29 is 14.9 Å². The molecule has 0 fully saturated rings. The van der Waals surface area contributed by atoms with Crippen LogP contribution in [0.5, 0.6) is 5.75 Å². The Kier molecular flexibility index (Phi) is 4.29. The molecule has 2 aromatic carbocycles. The van der Waals surface area contributed by atoms with E-state index >= 15 is 0 Å². The number of nitrogens with two attached hydrogens (primary N) is 1. The van der Waals surface area contributed by atoms with Gasteiger partial charge in [-0.1, -0.05) is 30.8 Å². The monoisotopic (exact) mass is 321 g/mol. The fourth-order valence-electron chi connectivity index (χ4n) is 2.79. The number of aryl methyl sites for hydroxylation is 1. The van der Waals surface area contributed by atoms with E-state index < -0.39 is 0 Å². The maximum Gasteiger partial charge on any atom is 0.131 e. The minimum absolute atomic E-state index is 0.0358. The third-order valence-corrected chi connectivity index (χ3v) is 4.04. The summed E-state index contributed by atoms with van der Waals surface area (Å²) < 4.78 is 5.87. The van der Waals surface area contributed by atoms with Crippen LogP contribution >= 0.6 is 0 Å². The Balaban J connectivity index is 1.97. The van der Waals surface area contributed by atoms with Crippen molar-refractivity contribution >= 4 is 5.69 Å². The van der Waals surface area contributed by atoms with Crippen LogP contribution in [0.25, 0.3) is 11.1 Å². The number of anilines is 1. The number of nitrogen functional groups attached to an aromatic ring is 1. The zero-order valence-corrected chi connectivity index (χ0v) is 13.2. The van der Waals surface area contributed by atoms with Crippen LogP contribution in [-0.4, -0.2) is 10.2 Å². The number of benzene rings is 2. The number of aliphatic hydroxyl groups is 2. The van der Waals surface area contributed by atoms with Crippen molar-refractivity contribution in [1.82, 2.24) is 0 Å². The van der Waals surface area contributed by atoms with Crippen molar-refractivity contribution in [3.05, 3.63) is 84.0 Å². The maximum absolute atomic E-state index is 9.99. The van der Waals surface area contributed by atoms with Crippen LogP contribution in [0.1, 0.15) is 12.0 Å². The Labute approximate surface area is 140 Å². The zero-order chi connectivity index (χ0) is 17.1. The molecule has 24 heavy (non-hydrogen) atoms. The van der Waals surface area contributed by atoms with Crippen LogP contribution in [0.15, 0.2) is 78.5 Å². The number of rotatable bonds is 2. The van der Waals surface area contributed by atoms with E-state index in [2.05, 4.69) is 6.58 Å². The molecule has 0 aromatic heterocycles. The topological polar surface area (TPSA) is 75.7 Å².